The average Bonchev–Trinajstić information content (AvgIpc) is 2.48. The number of benzene rings is 1. The van der Waals surface area contributed by atoms with Crippen LogP contribution >= 0.6 is 0 Å². The predicted molar refractivity (Wildman–Crippen MR) is 81.6 cm³/mol. The van der Waals surface area contributed by atoms with Gasteiger partial charge in [-0.2, -0.15) is 0 Å². The molecule has 1 amide bonds. The van der Waals surface area contributed by atoms with Crippen molar-refractivity contribution < 1.29 is 4.79 Å². The Balaban J connectivity index is 1.86. The number of rotatable bonds is 5. The first-order valence-electron chi connectivity index (χ1n) is 7.54. The highest BCUT2D eigenvalue weighted by atomic mass is 16.1. The topological polar surface area (TPSA) is 58.4 Å². The summed E-state index contributed by atoms with van der Waals surface area (Å²) in [6, 6.07) is 8.30. The van der Waals surface area contributed by atoms with E-state index in [-0.39, 0.29) is 5.91 Å². The van der Waals surface area contributed by atoms with Crippen LogP contribution in [0.4, 0.5) is 0 Å². The largest absolute Gasteiger partial charge is 0.352 e. The molecule has 0 unspecified atom stereocenters. The molecule has 0 saturated carbocycles. The monoisotopic (exact) mass is 275 g/mol. The summed E-state index contributed by atoms with van der Waals surface area (Å²) in [7, 11) is 0. The Hall–Kier alpha value is -1.39. The summed E-state index contributed by atoms with van der Waals surface area (Å²) in [6.07, 6.45) is 3.12. The third-order valence-corrected chi connectivity index (χ3v) is 3.79. The smallest absolute Gasteiger partial charge is 0.251 e. The first-order valence-corrected chi connectivity index (χ1v) is 7.54. The predicted octanol–water partition coefficient (Wildman–Crippen LogP) is 1.75. The Morgan fingerprint density at radius 2 is 1.95 bits per heavy atom. The van der Waals surface area contributed by atoms with Gasteiger partial charge < -0.3 is 11.1 Å². The van der Waals surface area contributed by atoms with Gasteiger partial charge in [-0.15, -0.1) is 0 Å². The van der Waals surface area contributed by atoms with E-state index in [0.717, 1.165) is 51.0 Å². The maximum absolute atomic E-state index is 11.8. The number of nitrogens with two attached hydrogens (primary N) is 1. The van der Waals surface area contributed by atoms with Crippen LogP contribution in [0.5, 0.6) is 0 Å². The molecule has 2 rings (SSSR count). The molecule has 20 heavy (non-hydrogen) atoms. The second-order valence-corrected chi connectivity index (χ2v) is 5.57. The Morgan fingerprint density at radius 1 is 1.30 bits per heavy atom. The number of nitrogens with one attached hydrogen (secondary N) is 1. The third kappa shape index (κ3) is 4.32. The second-order valence-electron chi connectivity index (χ2n) is 5.57. The van der Waals surface area contributed by atoms with E-state index in [1.807, 2.05) is 19.1 Å². The molecular formula is C16H25N3O. The van der Waals surface area contributed by atoms with Crippen molar-refractivity contribution in [1.29, 1.82) is 0 Å². The van der Waals surface area contributed by atoms with E-state index in [2.05, 4.69) is 22.3 Å². The maximum Gasteiger partial charge on any atom is 0.251 e. The fourth-order valence-electron chi connectivity index (χ4n) is 2.47. The molecule has 1 aliphatic heterocycles. The summed E-state index contributed by atoms with van der Waals surface area (Å²) in [4.78, 5) is 14.2. The minimum absolute atomic E-state index is 0.0161. The lowest BCUT2D eigenvalue weighted by Crippen LogP contribution is -2.39. The number of hydrogen-bond donors (Lipinski definition) is 2. The fourth-order valence-corrected chi connectivity index (χ4v) is 2.47. The van der Waals surface area contributed by atoms with Crippen molar-refractivity contribution >= 4 is 5.91 Å². The van der Waals surface area contributed by atoms with Crippen molar-refractivity contribution in [3.05, 3.63) is 35.4 Å². The van der Waals surface area contributed by atoms with Crippen LogP contribution in [0.1, 0.15) is 42.1 Å². The van der Waals surface area contributed by atoms with E-state index in [1.165, 1.54) is 5.56 Å². The van der Waals surface area contributed by atoms with Gasteiger partial charge >= 0.3 is 0 Å². The standard InChI is InChI=1S/C16H25N3O/c1-2-9-18-16(20)14-5-3-13(4-6-14)12-19-10-7-15(17)8-11-19/h3-6,15H,2,7-12,17H2,1H3,(H,18,20). The van der Waals surface area contributed by atoms with Crippen molar-refractivity contribution in [2.24, 2.45) is 5.73 Å². The molecule has 3 N–H and O–H groups in total. The van der Waals surface area contributed by atoms with Crippen LogP contribution in [0.2, 0.25) is 0 Å². The number of hydrogen-bond acceptors (Lipinski definition) is 3. The number of carbonyl (C=O) groups excluding carboxylic acids is 1. The van der Waals surface area contributed by atoms with E-state index in [0.29, 0.717) is 6.04 Å². The molecule has 0 spiro atoms. The molecule has 4 heteroatoms. The van der Waals surface area contributed by atoms with Gasteiger partial charge in [-0.3, -0.25) is 9.69 Å². The first-order chi connectivity index (χ1) is 9.69. The van der Waals surface area contributed by atoms with Gasteiger partial charge in [0.15, 0.2) is 0 Å². The van der Waals surface area contributed by atoms with Crippen LogP contribution < -0.4 is 11.1 Å². The van der Waals surface area contributed by atoms with Gasteiger partial charge in [-0.05, 0) is 50.0 Å². The van der Waals surface area contributed by atoms with Crippen LogP contribution in [-0.4, -0.2) is 36.5 Å². The quantitative estimate of drug-likeness (QED) is 0.860. The van der Waals surface area contributed by atoms with Crippen molar-refractivity contribution in [3.8, 4) is 0 Å². The van der Waals surface area contributed by atoms with E-state index in [1.54, 1.807) is 0 Å². The highest BCUT2D eigenvalue weighted by molar-refractivity contribution is 5.94. The summed E-state index contributed by atoms with van der Waals surface area (Å²) in [5.74, 6) is 0.0161. The summed E-state index contributed by atoms with van der Waals surface area (Å²) < 4.78 is 0. The molecule has 1 heterocycles. The van der Waals surface area contributed by atoms with Gasteiger partial charge in [0, 0.05) is 24.7 Å². The highest BCUT2D eigenvalue weighted by Gasteiger charge is 2.16. The number of amides is 1. The molecule has 110 valence electrons. The minimum Gasteiger partial charge on any atom is -0.352 e. The van der Waals surface area contributed by atoms with Crippen molar-refractivity contribution in [3.63, 3.8) is 0 Å². The zero-order chi connectivity index (χ0) is 14.4. The summed E-state index contributed by atoms with van der Waals surface area (Å²) in [6.45, 7) is 5.87. The first kappa shape index (κ1) is 15.0. The van der Waals surface area contributed by atoms with Gasteiger partial charge in [0.25, 0.3) is 5.91 Å². The molecule has 0 atom stereocenters. The van der Waals surface area contributed by atoms with Crippen molar-refractivity contribution in [2.45, 2.75) is 38.8 Å². The molecule has 1 aromatic carbocycles. The van der Waals surface area contributed by atoms with Gasteiger partial charge in [0.1, 0.15) is 0 Å². The van der Waals surface area contributed by atoms with Gasteiger partial charge in [0.05, 0.1) is 0 Å². The molecule has 0 aliphatic carbocycles. The Bertz CT molecular complexity index is 422. The van der Waals surface area contributed by atoms with Crippen LogP contribution in [0, 0.1) is 0 Å². The fraction of sp³-hybridized carbons (Fsp3) is 0.562. The molecular weight excluding hydrogens is 250 g/mol. The van der Waals surface area contributed by atoms with E-state index in [4.69, 9.17) is 5.73 Å². The lowest BCUT2D eigenvalue weighted by atomic mass is 10.0. The maximum atomic E-state index is 11.8. The molecule has 0 aromatic heterocycles. The van der Waals surface area contributed by atoms with Gasteiger partial charge in [-0.1, -0.05) is 19.1 Å². The number of likely N-dealkylation sites (tertiary alicyclic amines) is 1. The normalized spacial score (nSPS) is 17.1. The third-order valence-electron chi connectivity index (χ3n) is 3.79. The molecule has 0 bridgehead atoms. The number of piperidine rings is 1. The van der Waals surface area contributed by atoms with E-state index < -0.39 is 0 Å². The van der Waals surface area contributed by atoms with Gasteiger partial charge in [0.2, 0.25) is 0 Å². The van der Waals surface area contributed by atoms with E-state index in [9.17, 15) is 4.79 Å². The zero-order valence-electron chi connectivity index (χ0n) is 12.3. The van der Waals surface area contributed by atoms with Crippen LogP contribution in [0.25, 0.3) is 0 Å². The van der Waals surface area contributed by atoms with Crippen molar-refractivity contribution in [2.75, 3.05) is 19.6 Å². The molecule has 1 saturated heterocycles. The molecule has 1 aliphatic rings. The molecule has 1 fully saturated rings. The second kappa shape index (κ2) is 7.41. The highest BCUT2D eigenvalue weighted by Crippen LogP contribution is 2.13. The number of carbonyl (C=O) groups is 1. The Kier molecular flexibility index (Phi) is 5.56. The zero-order valence-corrected chi connectivity index (χ0v) is 12.3. The summed E-state index contributed by atoms with van der Waals surface area (Å²) in [5.41, 5.74) is 7.91. The van der Waals surface area contributed by atoms with Gasteiger partial charge in [-0.25, -0.2) is 0 Å². The lowest BCUT2D eigenvalue weighted by Gasteiger charge is -2.30. The molecule has 4 nitrogen and oxygen atoms in total. The van der Waals surface area contributed by atoms with Crippen LogP contribution in [0.15, 0.2) is 24.3 Å². The van der Waals surface area contributed by atoms with Crippen molar-refractivity contribution in [1.82, 2.24) is 10.2 Å². The molecule has 0 radical (unpaired) electrons. The molecule has 1 aromatic rings. The average molecular weight is 275 g/mol. The summed E-state index contributed by atoms with van der Waals surface area (Å²) in [5, 5.41) is 2.89. The number of nitrogens with zero attached hydrogens (tertiary/aromatic N) is 1. The van der Waals surface area contributed by atoms with Crippen LogP contribution in [0.3, 0.4) is 0 Å². The minimum atomic E-state index is 0.0161. The van der Waals surface area contributed by atoms with Crippen LogP contribution in [-0.2, 0) is 6.54 Å². The SMILES string of the molecule is CCCNC(=O)c1ccc(CN2CCC(N)CC2)cc1. The lowest BCUT2D eigenvalue weighted by molar-refractivity contribution is 0.0953. The Labute approximate surface area is 121 Å². The van der Waals surface area contributed by atoms with E-state index >= 15 is 0 Å². The Morgan fingerprint density at radius 3 is 2.55 bits per heavy atom. The summed E-state index contributed by atoms with van der Waals surface area (Å²) >= 11 is 0.